The van der Waals surface area contributed by atoms with Crippen molar-refractivity contribution in [3.05, 3.63) is 29.6 Å². The van der Waals surface area contributed by atoms with Crippen LogP contribution in [0, 0.1) is 5.82 Å². The molecule has 0 amide bonds. The zero-order chi connectivity index (χ0) is 13.4. The van der Waals surface area contributed by atoms with Gasteiger partial charge in [-0.15, -0.1) is 11.8 Å². The second-order valence-electron chi connectivity index (χ2n) is 3.60. The molecule has 0 saturated carbocycles. The summed E-state index contributed by atoms with van der Waals surface area (Å²) >= 11 is 1.18. The average Bonchev–Trinajstić information content (AvgIpc) is 2.35. The minimum absolute atomic E-state index is 0.133. The minimum Gasteiger partial charge on any atom is -0.465 e. The lowest BCUT2D eigenvalue weighted by molar-refractivity contribution is -0.139. The second kappa shape index (κ2) is 8.11. The van der Waals surface area contributed by atoms with Crippen LogP contribution < -0.4 is 5.32 Å². The molecule has 0 unspecified atom stereocenters. The Balaban J connectivity index is 2.69. The first-order valence-corrected chi connectivity index (χ1v) is 6.94. The molecule has 0 atom stereocenters. The smallest absolute Gasteiger partial charge is 0.316 e. The van der Waals surface area contributed by atoms with Gasteiger partial charge in [-0.1, -0.05) is 19.1 Å². The highest BCUT2D eigenvalue weighted by Gasteiger charge is 2.11. The number of esters is 1. The van der Waals surface area contributed by atoms with E-state index in [9.17, 15) is 9.18 Å². The Morgan fingerprint density at radius 1 is 1.44 bits per heavy atom. The number of benzene rings is 1. The molecule has 0 aliphatic carbocycles. The van der Waals surface area contributed by atoms with Gasteiger partial charge in [-0.05, 0) is 25.1 Å². The molecule has 1 aromatic carbocycles. The third kappa shape index (κ3) is 4.66. The summed E-state index contributed by atoms with van der Waals surface area (Å²) in [6, 6.07) is 4.94. The fourth-order valence-corrected chi connectivity index (χ4v) is 2.32. The second-order valence-corrected chi connectivity index (χ2v) is 4.59. The SMILES string of the molecule is CCNCc1cccc(F)c1SCC(=O)OCC. The standard InChI is InChI=1S/C13H18FNO2S/c1-3-15-8-10-6-5-7-11(14)13(10)18-9-12(16)17-4-2/h5-7,15H,3-4,8-9H2,1-2H3. The van der Waals surface area contributed by atoms with Crippen molar-refractivity contribution in [3.63, 3.8) is 0 Å². The number of carbonyl (C=O) groups excluding carboxylic acids is 1. The topological polar surface area (TPSA) is 38.3 Å². The lowest BCUT2D eigenvalue weighted by Crippen LogP contribution is -2.13. The number of halogens is 1. The fraction of sp³-hybridized carbons (Fsp3) is 0.462. The molecule has 1 aromatic rings. The molecule has 0 fully saturated rings. The molecule has 18 heavy (non-hydrogen) atoms. The molecule has 0 bridgehead atoms. The third-order valence-electron chi connectivity index (χ3n) is 2.25. The molecule has 5 heteroatoms. The predicted octanol–water partition coefficient (Wildman–Crippen LogP) is 2.59. The number of ether oxygens (including phenoxy) is 1. The molecule has 1 rings (SSSR count). The van der Waals surface area contributed by atoms with Crippen LogP contribution in [-0.2, 0) is 16.1 Å². The minimum atomic E-state index is -0.319. The molecule has 3 nitrogen and oxygen atoms in total. The van der Waals surface area contributed by atoms with Crippen molar-refractivity contribution in [1.82, 2.24) is 5.32 Å². The Kier molecular flexibility index (Phi) is 6.75. The van der Waals surface area contributed by atoms with Gasteiger partial charge in [0.15, 0.2) is 0 Å². The summed E-state index contributed by atoms with van der Waals surface area (Å²) in [5.41, 5.74) is 0.867. The van der Waals surface area contributed by atoms with Crippen molar-refractivity contribution in [2.24, 2.45) is 0 Å². The monoisotopic (exact) mass is 271 g/mol. The van der Waals surface area contributed by atoms with E-state index < -0.39 is 0 Å². The molecule has 0 spiro atoms. The van der Waals surface area contributed by atoms with Crippen molar-refractivity contribution < 1.29 is 13.9 Å². The Morgan fingerprint density at radius 2 is 2.22 bits per heavy atom. The van der Waals surface area contributed by atoms with Gasteiger partial charge in [-0.2, -0.15) is 0 Å². The van der Waals surface area contributed by atoms with E-state index in [0.29, 0.717) is 18.0 Å². The molecule has 0 saturated heterocycles. The summed E-state index contributed by atoms with van der Waals surface area (Å²) in [4.78, 5) is 11.8. The van der Waals surface area contributed by atoms with Crippen LogP contribution in [0.25, 0.3) is 0 Å². The Labute approximate surface area is 111 Å². The number of rotatable bonds is 7. The first-order valence-electron chi connectivity index (χ1n) is 5.95. The highest BCUT2D eigenvalue weighted by Crippen LogP contribution is 2.26. The fourth-order valence-electron chi connectivity index (χ4n) is 1.45. The van der Waals surface area contributed by atoms with E-state index >= 15 is 0 Å². The summed E-state index contributed by atoms with van der Waals surface area (Å²) in [5.74, 6) is -0.478. The van der Waals surface area contributed by atoms with Gasteiger partial charge in [0.2, 0.25) is 0 Å². The van der Waals surface area contributed by atoms with Crippen molar-refractivity contribution in [2.45, 2.75) is 25.3 Å². The average molecular weight is 271 g/mol. The van der Waals surface area contributed by atoms with Crippen molar-refractivity contribution in [1.29, 1.82) is 0 Å². The van der Waals surface area contributed by atoms with Crippen LogP contribution >= 0.6 is 11.8 Å². The molecule has 0 aliphatic heterocycles. The van der Waals surface area contributed by atoms with Gasteiger partial charge in [-0.25, -0.2) is 4.39 Å². The van der Waals surface area contributed by atoms with Gasteiger partial charge in [0.25, 0.3) is 0 Å². The van der Waals surface area contributed by atoms with Gasteiger partial charge < -0.3 is 10.1 Å². The van der Waals surface area contributed by atoms with Crippen LogP contribution in [0.2, 0.25) is 0 Å². The van der Waals surface area contributed by atoms with E-state index in [1.807, 2.05) is 13.0 Å². The van der Waals surface area contributed by atoms with E-state index in [-0.39, 0.29) is 17.5 Å². The largest absolute Gasteiger partial charge is 0.465 e. The van der Waals surface area contributed by atoms with Gasteiger partial charge in [0, 0.05) is 11.4 Å². The van der Waals surface area contributed by atoms with Crippen LogP contribution in [0.1, 0.15) is 19.4 Å². The molecule has 0 radical (unpaired) electrons. The van der Waals surface area contributed by atoms with Gasteiger partial charge in [0.1, 0.15) is 5.82 Å². The zero-order valence-electron chi connectivity index (χ0n) is 10.7. The summed E-state index contributed by atoms with van der Waals surface area (Å²) in [5, 5.41) is 3.15. The first kappa shape index (κ1) is 15.0. The maximum absolute atomic E-state index is 13.7. The normalized spacial score (nSPS) is 10.4. The third-order valence-corrected chi connectivity index (χ3v) is 3.38. The highest BCUT2D eigenvalue weighted by molar-refractivity contribution is 8.00. The Bertz CT molecular complexity index is 399. The predicted molar refractivity (Wildman–Crippen MR) is 71.1 cm³/mol. The van der Waals surface area contributed by atoms with Crippen LogP contribution in [-0.4, -0.2) is 24.9 Å². The number of nitrogens with one attached hydrogen (secondary N) is 1. The van der Waals surface area contributed by atoms with Crippen LogP contribution in [0.15, 0.2) is 23.1 Å². The Morgan fingerprint density at radius 3 is 2.89 bits per heavy atom. The zero-order valence-corrected chi connectivity index (χ0v) is 11.5. The lowest BCUT2D eigenvalue weighted by atomic mass is 10.2. The molecule has 100 valence electrons. The number of thioether (sulfide) groups is 1. The van der Waals surface area contributed by atoms with E-state index in [0.717, 1.165) is 12.1 Å². The van der Waals surface area contributed by atoms with E-state index in [1.54, 1.807) is 13.0 Å². The Hall–Kier alpha value is -1.07. The molecule has 1 N–H and O–H groups in total. The van der Waals surface area contributed by atoms with Gasteiger partial charge in [-0.3, -0.25) is 4.79 Å². The summed E-state index contributed by atoms with van der Waals surface area (Å²) in [6.45, 7) is 5.51. The molecular formula is C13H18FNO2S. The van der Waals surface area contributed by atoms with Gasteiger partial charge in [0.05, 0.1) is 12.4 Å². The van der Waals surface area contributed by atoms with Gasteiger partial charge >= 0.3 is 5.97 Å². The number of carbonyl (C=O) groups is 1. The molecule has 0 aromatic heterocycles. The summed E-state index contributed by atoms with van der Waals surface area (Å²) in [6.07, 6.45) is 0. The first-order chi connectivity index (χ1) is 8.69. The van der Waals surface area contributed by atoms with Crippen molar-refractivity contribution >= 4 is 17.7 Å². The van der Waals surface area contributed by atoms with E-state index in [4.69, 9.17) is 4.74 Å². The van der Waals surface area contributed by atoms with Crippen LogP contribution in [0.4, 0.5) is 4.39 Å². The number of hydrogen-bond acceptors (Lipinski definition) is 4. The van der Waals surface area contributed by atoms with E-state index in [2.05, 4.69) is 5.32 Å². The van der Waals surface area contributed by atoms with E-state index in [1.165, 1.54) is 17.8 Å². The van der Waals surface area contributed by atoms with Crippen LogP contribution in [0.5, 0.6) is 0 Å². The lowest BCUT2D eigenvalue weighted by Gasteiger charge is -2.10. The molecule has 0 heterocycles. The van der Waals surface area contributed by atoms with Crippen molar-refractivity contribution in [2.75, 3.05) is 18.9 Å². The maximum Gasteiger partial charge on any atom is 0.316 e. The van der Waals surface area contributed by atoms with Crippen LogP contribution in [0.3, 0.4) is 0 Å². The molecular weight excluding hydrogens is 253 g/mol. The summed E-state index contributed by atoms with van der Waals surface area (Å²) in [7, 11) is 0. The summed E-state index contributed by atoms with van der Waals surface area (Å²) < 4.78 is 18.5. The highest BCUT2D eigenvalue weighted by atomic mass is 32.2. The molecule has 0 aliphatic rings. The quantitative estimate of drug-likeness (QED) is 0.611. The van der Waals surface area contributed by atoms with Crippen molar-refractivity contribution in [3.8, 4) is 0 Å². The number of hydrogen-bond donors (Lipinski definition) is 1. The maximum atomic E-state index is 13.7.